The van der Waals surface area contributed by atoms with Gasteiger partial charge in [-0.15, -0.1) is 0 Å². The summed E-state index contributed by atoms with van der Waals surface area (Å²) in [7, 11) is -3.42. The van der Waals surface area contributed by atoms with Gasteiger partial charge in [-0.1, -0.05) is 0 Å². The Morgan fingerprint density at radius 3 is 2.34 bits per heavy atom. The highest BCUT2D eigenvalue weighted by molar-refractivity contribution is 7.89. The fourth-order valence-electron chi connectivity index (χ4n) is 3.80. The van der Waals surface area contributed by atoms with Crippen molar-refractivity contribution >= 4 is 21.7 Å². The van der Waals surface area contributed by atoms with E-state index >= 15 is 0 Å². The monoisotopic (exact) mass is 412 g/mol. The Kier molecular flexibility index (Phi) is 5.65. The lowest BCUT2D eigenvalue weighted by Gasteiger charge is -2.33. The van der Waals surface area contributed by atoms with Gasteiger partial charge in [-0.2, -0.15) is 9.57 Å². The first-order valence-corrected chi connectivity index (χ1v) is 11.3. The van der Waals surface area contributed by atoms with Gasteiger partial charge in [0.2, 0.25) is 10.0 Å². The number of nitrogens with one attached hydrogen (secondary N) is 1. The van der Waals surface area contributed by atoms with Crippen molar-refractivity contribution in [1.82, 2.24) is 14.3 Å². The minimum absolute atomic E-state index is 0.256. The first-order chi connectivity index (χ1) is 14.1. The predicted molar refractivity (Wildman–Crippen MR) is 110 cm³/mol. The van der Waals surface area contributed by atoms with E-state index in [1.54, 1.807) is 24.4 Å². The summed E-state index contributed by atoms with van der Waals surface area (Å²) in [6.07, 6.45) is 6.74. The predicted octanol–water partition coefficient (Wildman–Crippen LogP) is 2.21. The third-order valence-corrected chi connectivity index (χ3v) is 7.37. The molecule has 8 nitrogen and oxygen atoms in total. The lowest BCUT2D eigenvalue weighted by atomic mass is 10.0. The molecule has 4 rings (SSSR count). The SMILES string of the molecule is N#Cc1ccc(N2CCC(Nc3ccc(S(=O)(=O)N4CCCC4)cn3)CC2)nc1. The van der Waals surface area contributed by atoms with Crippen molar-refractivity contribution in [2.75, 3.05) is 36.4 Å². The molecule has 2 fully saturated rings. The Bertz CT molecular complexity index is 971. The van der Waals surface area contributed by atoms with Gasteiger partial charge in [0.15, 0.2) is 0 Å². The molecule has 2 saturated heterocycles. The molecule has 0 atom stereocenters. The zero-order valence-electron chi connectivity index (χ0n) is 16.2. The largest absolute Gasteiger partial charge is 0.367 e. The molecule has 0 aliphatic carbocycles. The number of nitrogens with zero attached hydrogens (tertiary/aromatic N) is 5. The van der Waals surface area contributed by atoms with Crippen LogP contribution in [0.15, 0.2) is 41.6 Å². The van der Waals surface area contributed by atoms with Crippen LogP contribution in [0.4, 0.5) is 11.6 Å². The Morgan fingerprint density at radius 2 is 1.76 bits per heavy atom. The number of pyridine rings is 2. The number of hydrogen-bond acceptors (Lipinski definition) is 7. The van der Waals surface area contributed by atoms with Crippen LogP contribution in [0.2, 0.25) is 0 Å². The van der Waals surface area contributed by atoms with Crippen molar-refractivity contribution in [3.05, 3.63) is 42.2 Å². The molecule has 0 bridgehead atoms. The van der Waals surface area contributed by atoms with E-state index in [1.807, 2.05) is 6.07 Å². The second-order valence-corrected chi connectivity index (χ2v) is 9.35. The van der Waals surface area contributed by atoms with Crippen LogP contribution < -0.4 is 10.2 Å². The molecule has 0 amide bonds. The van der Waals surface area contributed by atoms with E-state index in [0.717, 1.165) is 44.6 Å². The normalized spacial score (nSPS) is 18.5. The Balaban J connectivity index is 1.33. The van der Waals surface area contributed by atoms with Gasteiger partial charge in [0.1, 0.15) is 22.6 Å². The lowest BCUT2D eigenvalue weighted by Crippen LogP contribution is -2.39. The summed E-state index contributed by atoms with van der Waals surface area (Å²) in [5.74, 6) is 1.58. The number of sulfonamides is 1. The maximum atomic E-state index is 12.6. The number of hydrogen-bond donors (Lipinski definition) is 1. The minimum atomic E-state index is -3.42. The van der Waals surface area contributed by atoms with Gasteiger partial charge in [0, 0.05) is 44.6 Å². The fourth-order valence-corrected chi connectivity index (χ4v) is 5.26. The Hall–Kier alpha value is -2.70. The molecule has 0 radical (unpaired) electrons. The van der Waals surface area contributed by atoms with Gasteiger partial charge < -0.3 is 10.2 Å². The zero-order chi connectivity index (χ0) is 20.3. The summed E-state index contributed by atoms with van der Waals surface area (Å²) in [5, 5.41) is 12.3. The van der Waals surface area contributed by atoms with Crippen molar-refractivity contribution < 1.29 is 8.42 Å². The van der Waals surface area contributed by atoms with Crippen LogP contribution in [0.3, 0.4) is 0 Å². The summed E-state index contributed by atoms with van der Waals surface area (Å²) in [6, 6.07) is 9.41. The van der Waals surface area contributed by atoms with Gasteiger partial charge in [-0.3, -0.25) is 0 Å². The zero-order valence-corrected chi connectivity index (χ0v) is 17.0. The van der Waals surface area contributed by atoms with Crippen molar-refractivity contribution in [2.45, 2.75) is 36.6 Å². The van der Waals surface area contributed by atoms with Gasteiger partial charge in [-0.25, -0.2) is 18.4 Å². The number of rotatable bonds is 5. The van der Waals surface area contributed by atoms with Crippen LogP contribution in [-0.2, 0) is 10.0 Å². The number of piperidine rings is 1. The van der Waals surface area contributed by atoms with Crippen molar-refractivity contribution in [3.63, 3.8) is 0 Å². The Labute approximate surface area is 171 Å². The van der Waals surface area contributed by atoms with Crippen LogP contribution in [0, 0.1) is 11.3 Å². The summed E-state index contributed by atoms with van der Waals surface area (Å²) in [5.41, 5.74) is 0.562. The van der Waals surface area contributed by atoms with Gasteiger partial charge in [-0.05, 0) is 49.9 Å². The van der Waals surface area contributed by atoms with E-state index in [-0.39, 0.29) is 10.9 Å². The van der Waals surface area contributed by atoms with Crippen LogP contribution in [-0.4, -0.2) is 54.9 Å². The second kappa shape index (κ2) is 8.35. The fraction of sp³-hybridized carbons (Fsp3) is 0.450. The molecule has 0 saturated carbocycles. The molecule has 9 heteroatoms. The number of nitriles is 1. The van der Waals surface area contributed by atoms with Crippen LogP contribution in [0.5, 0.6) is 0 Å². The van der Waals surface area contributed by atoms with E-state index in [0.29, 0.717) is 24.5 Å². The average molecular weight is 413 g/mol. The van der Waals surface area contributed by atoms with E-state index in [2.05, 4.69) is 26.3 Å². The quantitative estimate of drug-likeness (QED) is 0.803. The van der Waals surface area contributed by atoms with Crippen molar-refractivity contribution in [2.24, 2.45) is 0 Å². The molecule has 152 valence electrons. The minimum Gasteiger partial charge on any atom is -0.367 e. The summed E-state index contributed by atoms with van der Waals surface area (Å²) in [4.78, 5) is 11.2. The summed E-state index contributed by atoms with van der Waals surface area (Å²) < 4.78 is 26.7. The molecule has 0 aromatic carbocycles. The molecule has 1 N–H and O–H groups in total. The van der Waals surface area contributed by atoms with Gasteiger partial charge in [0.05, 0.1) is 5.56 Å². The first kappa shape index (κ1) is 19.6. The highest BCUT2D eigenvalue weighted by atomic mass is 32.2. The molecule has 2 aliphatic rings. The maximum Gasteiger partial charge on any atom is 0.244 e. The van der Waals surface area contributed by atoms with Crippen molar-refractivity contribution in [1.29, 1.82) is 5.26 Å². The van der Waals surface area contributed by atoms with Crippen LogP contribution in [0.1, 0.15) is 31.2 Å². The highest BCUT2D eigenvalue weighted by Gasteiger charge is 2.27. The topological polar surface area (TPSA) is 102 Å². The maximum absolute atomic E-state index is 12.6. The van der Waals surface area contributed by atoms with Gasteiger partial charge in [0.25, 0.3) is 0 Å². The molecule has 4 heterocycles. The van der Waals surface area contributed by atoms with Crippen LogP contribution >= 0.6 is 0 Å². The molecule has 0 unspecified atom stereocenters. The van der Waals surface area contributed by atoms with Crippen molar-refractivity contribution in [3.8, 4) is 6.07 Å². The van der Waals surface area contributed by atoms with E-state index in [1.165, 1.54) is 10.5 Å². The van der Waals surface area contributed by atoms with Gasteiger partial charge >= 0.3 is 0 Å². The smallest absolute Gasteiger partial charge is 0.244 e. The average Bonchev–Trinajstić information content (AvgIpc) is 3.31. The molecule has 2 aromatic heterocycles. The third-order valence-electron chi connectivity index (χ3n) is 5.49. The summed E-state index contributed by atoms with van der Waals surface area (Å²) >= 11 is 0. The van der Waals surface area contributed by atoms with E-state index < -0.39 is 10.0 Å². The number of aromatic nitrogens is 2. The van der Waals surface area contributed by atoms with E-state index in [4.69, 9.17) is 5.26 Å². The van der Waals surface area contributed by atoms with Crippen LogP contribution in [0.25, 0.3) is 0 Å². The third kappa shape index (κ3) is 4.33. The molecule has 0 spiro atoms. The van der Waals surface area contributed by atoms with E-state index in [9.17, 15) is 8.42 Å². The number of anilines is 2. The molecule has 2 aliphatic heterocycles. The highest BCUT2D eigenvalue weighted by Crippen LogP contribution is 2.23. The molecular weight excluding hydrogens is 388 g/mol. The molecular formula is C20H24N6O2S. The molecule has 2 aromatic rings. The molecule has 29 heavy (non-hydrogen) atoms. The Morgan fingerprint density at radius 1 is 1.00 bits per heavy atom. The second-order valence-electron chi connectivity index (χ2n) is 7.41. The first-order valence-electron chi connectivity index (χ1n) is 9.90. The standard InChI is InChI=1S/C20H24N6O2S/c21-13-16-3-6-20(23-14-16)25-11-7-17(8-12-25)24-19-5-4-18(15-22-19)29(27,28)26-9-1-2-10-26/h3-6,14-15,17H,1-2,7-12H2,(H,22,24). The summed E-state index contributed by atoms with van der Waals surface area (Å²) in [6.45, 7) is 2.90. The lowest BCUT2D eigenvalue weighted by molar-refractivity contribution is 0.477.